The zero-order chi connectivity index (χ0) is 36.7. The molecule has 1 fully saturated rings. The zero-order valence-electron chi connectivity index (χ0n) is 28.6. The molecular weight excluding hydrogens is 672 g/mol. The first-order valence-corrected chi connectivity index (χ1v) is 18.1. The summed E-state index contributed by atoms with van der Waals surface area (Å²) in [5, 5.41) is 18.9. The lowest BCUT2D eigenvalue weighted by molar-refractivity contribution is -0.227. The third kappa shape index (κ3) is 13.7. The fourth-order valence-electron chi connectivity index (χ4n) is 5.34. The Morgan fingerprint density at radius 1 is 0.940 bits per heavy atom. The number of nitrogens with zero attached hydrogens (tertiary/aromatic N) is 1. The van der Waals surface area contributed by atoms with E-state index in [0.717, 1.165) is 32.1 Å². The molecule has 276 valence electrons. The van der Waals surface area contributed by atoms with Gasteiger partial charge in [-0.2, -0.15) is 8.42 Å². The van der Waals surface area contributed by atoms with Crippen LogP contribution in [-0.4, -0.2) is 96.9 Å². The Labute approximate surface area is 293 Å². The van der Waals surface area contributed by atoms with Gasteiger partial charge in [0.2, 0.25) is 24.0 Å². The van der Waals surface area contributed by atoms with Gasteiger partial charge in [0.25, 0.3) is 5.91 Å². The Hall–Kier alpha value is -4.09. The number of carbonyl (C=O) groups is 4. The number of aliphatic hydroxyl groups excluding tert-OH is 1. The molecule has 16 heteroatoms. The summed E-state index contributed by atoms with van der Waals surface area (Å²) in [6.07, 6.45) is -1.01. The molecule has 4 amide bonds. The smallest absolute Gasteiger partial charge is 0.397 e. The number of benzene rings is 2. The van der Waals surface area contributed by atoms with Crippen LogP contribution >= 0.6 is 0 Å². The minimum Gasteiger partial charge on any atom is -0.463 e. The van der Waals surface area contributed by atoms with E-state index in [0.29, 0.717) is 30.8 Å². The first-order chi connectivity index (χ1) is 23.8. The van der Waals surface area contributed by atoms with Crippen LogP contribution < -0.4 is 20.7 Å². The van der Waals surface area contributed by atoms with Crippen molar-refractivity contribution in [1.82, 2.24) is 15.5 Å². The molecule has 1 heterocycles. The first kappa shape index (κ1) is 40.3. The van der Waals surface area contributed by atoms with E-state index >= 15 is 0 Å². The molecular formula is C34H48N4O11S. The number of ether oxygens (including phenoxy) is 2. The van der Waals surface area contributed by atoms with Crippen molar-refractivity contribution in [2.24, 2.45) is 0 Å². The molecule has 1 saturated heterocycles. The van der Waals surface area contributed by atoms with Gasteiger partial charge in [0.05, 0.1) is 6.10 Å². The van der Waals surface area contributed by atoms with Gasteiger partial charge in [-0.05, 0) is 69.0 Å². The number of hydrogen-bond donors (Lipinski definition) is 5. The van der Waals surface area contributed by atoms with E-state index in [9.17, 15) is 32.7 Å². The van der Waals surface area contributed by atoms with Crippen molar-refractivity contribution < 1.29 is 50.9 Å². The molecule has 50 heavy (non-hydrogen) atoms. The lowest BCUT2D eigenvalue weighted by atomic mass is 9.97. The fraction of sp³-hybridized carbons (Fsp3) is 0.529. The average molecular weight is 721 g/mol. The predicted octanol–water partition coefficient (Wildman–Crippen LogP) is 2.81. The van der Waals surface area contributed by atoms with E-state index in [1.807, 2.05) is 25.1 Å². The van der Waals surface area contributed by atoms with E-state index in [-0.39, 0.29) is 36.4 Å². The lowest BCUT2D eigenvalue weighted by Gasteiger charge is -2.42. The van der Waals surface area contributed by atoms with Crippen LogP contribution in [0.1, 0.15) is 76.1 Å². The predicted molar refractivity (Wildman–Crippen MR) is 183 cm³/mol. The molecule has 2 aromatic rings. The third-order valence-corrected chi connectivity index (χ3v) is 8.40. The summed E-state index contributed by atoms with van der Waals surface area (Å²) < 4.78 is 47.7. The standard InChI is InChI=1S/C34H48N4O11S/c1-4-5-14-29(41)38(21-11-7-10-20-35-33(43)25-12-8-6-9-13-25)22-19-28(40)37-26-15-17-27(18-16-26)48-34-30(36-24(3)39)31(42)32(23(2)47-34)49-50(44,45)46/h6,8-9,12-13,15-18,23,30-32,34,42H,4-5,7,10-11,14,19-22H2,1-3H3,(H,35,43)(H,36,39)(H,37,40)(H,44,45,46). The van der Waals surface area contributed by atoms with E-state index in [1.165, 1.54) is 26.0 Å². The summed E-state index contributed by atoms with van der Waals surface area (Å²) in [5.41, 5.74) is 1.07. The highest BCUT2D eigenvalue weighted by Gasteiger charge is 2.47. The van der Waals surface area contributed by atoms with Gasteiger partial charge in [0, 0.05) is 50.7 Å². The molecule has 5 unspecified atom stereocenters. The highest BCUT2D eigenvalue weighted by atomic mass is 32.3. The topological polar surface area (TPSA) is 210 Å². The van der Waals surface area contributed by atoms with E-state index in [2.05, 4.69) is 20.1 Å². The minimum atomic E-state index is -4.93. The van der Waals surface area contributed by atoms with Gasteiger partial charge in [-0.1, -0.05) is 31.5 Å². The van der Waals surface area contributed by atoms with Crippen LogP contribution in [0.25, 0.3) is 0 Å². The van der Waals surface area contributed by atoms with E-state index in [4.69, 9.17) is 14.0 Å². The molecule has 0 bridgehead atoms. The number of aliphatic hydroxyl groups is 1. The maximum absolute atomic E-state index is 12.9. The van der Waals surface area contributed by atoms with Gasteiger partial charge in [0.15, 0.2) is 0 Å². The van der Waals surface area contributed by atoms with Crippen LogP contribution in [-0.2, 0) is 33.7 Å². The van der Waals surface area contributed by atoms with E-state index < -0.39 is 46.9 Å². The maximum Gasteiger partial charge on any atom is 0.397 e. The Kier molecular flexibility index (Phi) is 16.1. The van der Waals surface area contributed by atoms with Crippen molar-refractivity contribution in [1.29, 1.82) is 0 Å². The van der Waals surface area contributed by atoms with Crippen molar-refractivity contribution in [3.05, 3.63) is 60.2 Å². The summed E-state index contributed by atoms with van der Waals surface area (Å²) in [7, 11) is -4.93. The van der Waals surface area contributed by atoms with Crippen LogP contribution in [0.15, 0.2) is 54.6 Å². The summed E-state index contributed by atoms with van der Waals surface area (Å²) in [5.74, 6) is -0.720. The monoisotopic (exact) mass is 720 g/mol. The molecule has 5 N–H and O–H groups in total. The molecule has 0 radical (unpaired) electrons. The van der Waals surface area contributed by atoms with Crippen molar-refractivity contribution >= 4 is 39.7 Å². The van der Waals surface area contributed by atoms with Crippen molar-refractivity contribution in [3.8, 4) is 5.75 Å². The fourth-order valence-corrected chi connectivity index (χ4v) is 5.89. The molecule has 0 saturated carbocycles. The number of nitrogens with one attached hydrogen (secondary N) is 3. The Balaban J connectivity index is 1.49. The molecule has 1 aliphatic heterocycles. The van der Waals surface area contributed by atoms with Gasteiger partial charge in [0.1, 0.15) is 24.0 Å². The van der Waals surface area contributed by atoms with Crippen LogP contribution in [0.4, 0.5) is 5.69 Å². The second kappa shape index (κ2) is 19.9. The van der Waals surface area contributed by atoms with Gasteiger partial charge >= 0.3 is 10.4 Å². The third-order valence-electron chi connectivity index (χ3n) is 7.93. The minimum absolute atomic E-state index is 0.00339. The van der Waals surface area contributed by atoms with Crippen molar-refractivity contribution in [2.75, 3.05) is 25.0 Å². The average Bonchev–Trinajstić information content (AvgIpc) is 3.07. The number of rotatable bonds is 19. The van der Waals surface area contributed by atoms with Gasteiger partial charge in [-0.25, -0.2) is 4.18 Å². The number of anilines is 1. The van der Waals surface area contributed by atoms with Crippen molar-refractivity contribution in [2.45, 2.75) is 96.4 Å². The summed E-state index contributed by atoms with van der Waals surface area (Å²) >= 11 is 0. The molecule has 2 aromatic carbocycles. The molecule has 5 atom stereocenters. The molecule has 0 aromatic heterocycles. The molecule has 0 aliphatic carbocycles. The van der Waals surface area contributed by atoms with Gasteiger partial charge < -0.3 is 35.4 Å². The van der Waals surface area contributed by atoms with Gasteiger partial charge in [-0.3, -0.25) is 23.7 Å². The number of hydrogen-bond acceptors (Lipinski definition) is 10. The van der Waals surface area contributed by atoms with Crippen LogP contribution in [0.5, 0.6) is 5.75 Å². The van der Waals surface area contributed by atoms with E-state index in [1.54, 1.807) is 29.2 Å². The number of carbonyl (C=O) groups excluding carboxylic acids is 4. The normalized spacial score (nSPS) is 20.4. The summed E-state index contributed by atoms with van der Waals surface area (Å²) in [6.45, 7) is 5.90. The SMILES string of the molecule is CCCCC(=O)N(CCCCCNC(=O)c1ccccc1)CCC(=O)Nc1ccc(OC2OC(C)C(OS(=O)(=O)O)C(O)C2NC(C)=O)cc1. The molecule has 3 rings (SSSR count). The molecule has 0 spiro atoms. The van der Waals surface area contributed by atoms with Gasteiger partial charge in [-0.15, -0.1) is 0 Å². The quantitative estimate of drug-likeness (QED) is 0.105. The molecule has 15 nitrogen and oxygen atoms in total. The highest BCUT2D eigenvalue weighted by Crippen LogP contribution is 2.27. The first-order valence-electron chi connectivity index (χ1n) is 16.7. The molecule has 1 aliphatic rings. The summed E-state index contributed by atoms with van der Waals surface area (Å²) in [6, 6.07) is 14.0. The Bertz CT molecular complexity index is 1510. The summed E-state index contributed by atoms with van der Waals surface area (Å²) in [4.78, 5) is 51.4. The number of unbranched alkanes of at least 4 members (excludes halogenated alkanes) is 3. The van der Waals surface area contributed by atoms with Crippen molar-refractivity contribution in [3.63, 3.8) is 0 Å². The Morgan fingerprint density at radius 3 is 2.28 bits per heavy atom. The number of amides is 4. The largest absolute Gasteiger partial charge is 0.463 e. The lowest BCUT2D eigenvalue weighted by Crippen LogP contribution is -2.65. The highest BCUT2D eigenvalue weighted by molar-refractivity contribution is 7.80. The maximum atomic E-state index is 12.9. The Morgan fingerprint density at radius 2 is 1.64 bits per heavy atom. The van der Waals surface area contributed by atoms with Crippen LogP contribution in [0, 0.1) is 0 Å². The van der Waals surface area contributed by atoms with Crippen LogP contribution in [0.2, 0.25) is 0 Å². The van der Waals surface area contributed by atoms with Crippen LogP contribution in [0.3, 0.4) is 0 Å². The second-order valence-electron chi connectivity index (χ2n) is 12.0. The second-order valence-corrected chi connectivity index (χ2v) is 13.1. The zero-order valence-corrected chi connectivity index (χ0v) is 29.4.